The van der Waals surface area contributed by atoms with Gasteiger partial charge < -0.3 is 25.4 Å². The molecule has 1 heterocycles. The molecule has 1 aromatic heterocycles. The Balaban J connectivity index is 1.62. The van der Waals surface area contributed by atoms with Crippen molar-refractivity contribution in [2.75, 3.05) is 25.4 Å². The number of benzene rings is 2. The predicted octanol–water partition coefficient (Wildman–Crippen LogP) is 3.32. The molecule has 10 heteroatoms. The molecule has 0 bridgehead atoms. The number of nitrogens with one attached hydrogen (secondary N) is 1. The van der Waals surface area contributed by atoms with Crippen LogP contribution in [0.2, 0.25) is 0 Å². The van der Waals surface area contributed by atoms with Crippen molar-refractivity contribution in [3.8, 4) is 17.2 Å². The van der Waals surface area contributed by atoms with Crippen molar-refractivity contribution in [2.45, 2.75) is 37.8 Å². The predicted molar refractivity (Wildman–Crippen MR) is 124 cm³/mol. The van der Waals surface area contributed by atoms with Gasteiger partial charge in [0.15, 0.2) is 17.3 Å². The van der Waals surface area contributed by atoms with Gasteiger partial charge >= 0.3 is 0 Å². The van der Waals surface area contributed by atoms with Crippen LogP contribution in [0.1, 0.15) is 23.9 Å². The van der Waals surface area contributed by atoms with E-state index in [0.29, 0.717) is 28.2 Å². The highest BCUT2D eigenvalue weighted by atomic mass is 32.2. The van der Waals surface area contributed by atoms with Crippen LogP contribution < -0.4 is 25.4 Å². The largest absolute Gasteiger partial charge is 0.493 e. The van der Waals surface area contributed by atoms with Crippen LogP contribution in [0.3, 0.4) is 0 Å². The number of amides is 1. The Morgan fingerprint density at radius 2 is 1.81 bits per heavy atom. The summed E-state index contributed by atoms with van der Waals surface area (Å²) in [6, 6.07) is 11.1. The molecule has 1 unspecified atom stereocenters. The fourth-order valence-corrected chi connectivity index (χ4v) is 3.81. The van der Waals surface area contributed by atoms with Gasteiger partial charge in [-0.05, 0) is 44.0 Å². The van der Waals surface area contributed by atoms with Gasteiger partial charge in [-0.25, -0.2) is 4.68 Å². The zero-order valence-electron chi connectivity index (χ0n) is 18.7. The average molecular weight is 458 g/mol. The lowest BCUT2D eigenvalue weighted by Gasteiger charge is -2.14. The fourth-order valence-electron chi connectivity index (χ4n) is 3.02. The molecular formula is C22H27N5O4S. The first-order chi connectivity index (χ1) is 15.3. The molecule has 3 rings (SSSR count). The lowest BCUT2D eigenvalue weighted by molar-refractivity contribution is -0.115. The van der Waals surface area contributed by atoms with E-state index < -0.39 is 5.25 Å². The number of aromatic nitrogens is 3. The van der Waals surface area contributed by atoms with Gasteiger partial charge in [-0.3, -0.25) is 4.79 Å². The van der Waals surface area contributed by atoms with E-state index in [1.165, 1.54) is 23.5 Å². The van der Waals surface area contributed by atoms with Crippen LogP contribution in [0.5, 0.6) is 17.2 Å². The van der Waals surface area contributed by atoms with Crippen LogP contribution >= 0.6 is 11.8 Å². The summed E-state index contributed by atoms with van der Waals surface area (Å²) in [5, 5.41) is 11.0. The summed E-state index contributed by atoms with van der Waals surface area (Å²) in [4.78, 5) is 12.6. The fraction of sp³-hybridized carbons (Fsp3) is 0.318. The summed E-state index contributed by atoms with van der Waals surface area (Å²) in [6.45, 7) is 5.90. The summed E-state index contributed by atoms with van der Waals surface area (Å²) in [6.07, 6.45) is 0. The Labute approximate surface area is 191 Å². The first kappa shape index (κ1) is 23.3. The van der Waals surface area contributed by atoms with Gasteiger partial charge in [-0.15, -0.1) is 10.2 Å². The second-order valence-corrected chi connectivity index (χ2v) is 8.41. The molecule has 0 radical (unpaired) electrons. The summed E-state index contributed by atoms with van der Waals surface area (Å²) < 4.78 is 17.7. The number of nitrogen functional groups attached to an aromatic ring is 1. The highest BCUT2D eigenvalue weighted by molar-refractivity contribution is 8.00. The Kier molecular flexibility index (Phi) is 7.47. The number of aryl methyl sites for hydroxylation is 2. The Hall–Kier alpha value is -3.40. The zero-order chi connectivity index (χ0) is 23.3. The molecule has 170 valence electrons. The molecule has 9 nitrogen and oxygen atoms in total. The standard InChI is InChI=1S/C22H27N5O4S/c1-13-7-6-8-14(2)20(13)31-12-19-25-26-22(27(19)23)32-15(3)21(28)24-16-9-10-17(29-4)18(11-16)30-5/h6-11,15H,12,23H2,1-5H3,(H,24,28). The van der Waals surface area contributed by atoms with Crippen molar-refractivity contribution in [1.82, 2.24) is 14.9 Å². The van der Waals surface area contributed by atoms with E-state index in [2.05, 4.69) is 15.5 Å². The van der Waals surface area contributed by atoms with E-state index >= 15 is 0 Å². The maximum absolute atomic E-state index is 12.6. The van der Waals surface area contributed by atoms with Crippen LogP contribution in [0.4, 0.5) is 5.69 Å². The molecule has 0 saturated heterocycles. The van der Waals surface area contributed by atoms with Gasteiger partial charge in [0, 0.05) is 11.8 Å². The van der Waals surface area contributed by atoms with E-state index in [1.807, 2.05) is 32.0 Å². The molecule has 3 N–H and O–H groups in total. The molecular weight excluding hydrogens is 430 g/mol. The number of hydrogen-bond donors (Lipinski definition) is 2. The van der Waals surface area contributed by atoms with Gasteiger partial charge in [-0.2, -0.15) is 0 Å². The third-order valence-electron chi connectivity index (χ3n) is 4.79. The number of carbonyl (C=O) groups is 1. The topological polar surface area (TPSA) is 114 Å². The van der Waals surface area contributed by atoms with E-state index in [4.69, 9.17) is 20.1 Å². The quantitative estimate of drug-likeness (QED) is 0.372. The minimum Gasteiger partial charge on any atom is -0.493 e. The molecule has 1 amide bonds. The molecule has 3 aromatic rings. The van der Waals surface area contributed by atoms with Crippen molar-refractivity contribution in [1.29, 1.82) is 0 Å². The Morgan fingerprint density at radius 1 is 1.12 bits per heavy atom. The number of ether oxygens (including phenoxy) is 3. The summed E-state index contributed by atoms with van der Waals surface area (Å²) in [7, 11) is 3.09. The van der Waals surface area contributed by atoms with Crippen molar-refractivity contribution in [2.24, 2.45) is 0 Å². The number of carbonyl (C=O) groups excluding carboxylic acids is 1. The molecule has 32 heavy (non-hydrogen) atoms. The number of thioether (sulfide) groups is 1. The molecule has 2 aromatic carbocycles. The summed E-state index contributed by atoms with van der Waals surface area (Å²) in [5.74, 6) is 8.30. The summed E-state index contributed by atoms with van der Waals surface area (Å²) >= 11 is 1.20. The van der Waals surface area contributed by atoms with Crippen LogP contribution in [0.15, 0.2) is 41.6 Å². The molecule has 0 fully saturated rings. The highest BCUT2D eigenvalue weighted by Crippen LogP contribution is 2.30. The zero-order valence-corrected chi connectivity index (χ0v) is 19.5. The Morgan fingerprint density at radius 3 is 2.47 bits per heavy atom. The van der Waals surface area contributed by atoms with E-state index in [9.17, 15) is 4.79 Å². The van der Waals surface area contributed by atoms with Crippen LogP contribution in [0, 0.1) is 13.8 Å². The molecule has 0 spiro atoms. The molecule has 0 aliphatic heterocycles. The van der Waals surface area contributed by atoms with E-state index in [0.717, 1.165) is 16.9 Å². The molecule has 0 aliphatic carbocycles. The molecule has 1 atom stereocenters. The van der Waals surface area contributed by atoms with Gasteiger partial charge in [-0.1, -0.05) is 30.0 Å². The Bertz CT molecular complexity index is 1080. The number of nitrogens with two attached hydrogens (primary N) is 1. The second kappa shape index (κ2) is 10.3. The van der Waals surface area contributed by atoms with Crippen molar-refractivity contribution in [3.05, 3.63) is 53.3 Å². The summed E-state index contributed by atoms with van der Waals surface area (Å²) in [5.41, 5.74) is 2.66. The van der Waals surface area contributed by atoms with Gasteiger partial charge in [0.25, 0.3) is 0 Å². The number of nitrogens with zero attached hydrogens (tertiary/aromatic N) is 3. The van der Waals surface area contributed by atoms with Crippen molar-refractivity contribution < 1.29 is 19.0 Å². The first-order valence-electron chi connectivity index (χ1n) is 9.92. The van der Waals surface area contributed by atoms with E-state index in [1.54, 1.807) is 32.2 Å². The third kappa shape index (κ3) is 5.25. The van der Waals surface area contributed by atoms with Gasteiger partial charge in [0.1, 0.15) is 12.4 Å². The number of methoxy groups -OCH3 is 2. The minimum atomic E-state index is -0.470. The number of para-hydroxylation sites is 1. The highest BCUT2D eigenvalue weighted by Gasteiger charge is 2.20. The first-order valence-corrected chi connectivity index (χ1v) is 10.8. The third-order valence-corrected chi connectivity index (χ3v) is 5.85. The van der Waals surface area contributed by atoms with Crippen LogP contribution in [0.25, 0.3) is 0 Å². The van der Waals surface area contributed by atoms with E-state index in [-0.39, 0.29) is 12.5 Å². The minimum absolute atomic E-state index is 0.169. The second-order valence-electron chi connectivity index (χ2n) is 7.10. The molecule has 0 aliphatic rings. The van der Waals surface area contributed by atoms with Crippen molar-refractivity contribution in [3.63, 3.8) is 0 Å². The maximum Gasteiger partial charge on any atom is 0.237 e. The lowest BCUT2D eigenvalue weighted by atomic mass is 10.1. The average Bonchev–Trinajstić information content (AvgIpc) is 3.12. The van der Waals surface area contributed by atoms with Gasteiger partial charge in [0.05, 0.1) is 19.5 Å². The number of anilines is 1. The maximum atomic E-state index is 12.6. The van der Waals surface area contributed by atoms with Crippen LogP contribution in [-0.4, -0.2) is 40.3 Å². The normalized spacial score (nSPS) is 11.7. The monoisotopic (exact) mass is 457 g/mol. The van der Waals surface area contributed by atoms with Crippen molar-refractivity contribution >= 4 is 23.4 Å². The van der Waals surface area contributed by atoms with Gasteiger partial charge in [0.2, 0.25) is 11.1 Å². The lowest BCUT2D eigenvalue weighted by Crippen LogP contribution is -2.24. The number of rotatable bonds is 9. The number of hydrogen-bond acceptors (Lipinski definition) is 8. The molecule has 0 saturated carbocycles. The SMILES string of the molecule is COc1ccc(NC(=O)C(C)Sc2nnc(COc3c(C)cccc3C)n2N)cc1OC. The van der Waals surface area contributed by atoms with Crippen LogP contribution in [-0.2, 0) is 11.4 Å². The smallest absolute Gasteiger partial charge is 0.237 e.